The average Bonchev–Trinajstić information content (AvgIpc) is 2.92. The summed E-state index contributed by atoms with van der Waals surface area (Å²) in [6.07, 6.45) is 10.7. The minimum atomic E-state index is -8.90. The van der Waals surface area contributed by atoms with E-state index in [2.05, 4.69) is 75.5 Å². The molecule has 282 valence electrons. The van der Waals surface area contributed by atoms with Gasteiger partial charge in [-0.15, -0.1) is 0 Å². The minimum absolute atomic E-state index is 0.130. The van der Waals surface area contributed by atoms with Crippen molar-refractivity contribution in [2.45, 2.75) is 184 Å². The molecule has 0 aromatic carbocycles. The molecular formula is C41H78O6Ti. The van der Waals surface area contributed by atoms with E-state index in [4.69, 9.17) is 6.64 Å². The van der Waals surface area contributed by atoms with E-state index in [-0.39, 0.29) is 35.5 Å². The second kappa shape index (κ2) is 16.5. The van der Waals surface area contributed by atoms with Gasteiger partial charge in [0.05, 0.1) is 0 Å². The third-order valence-corrected chi connectivity index (χ3v) is 25.5. The molecule has 0 aliphatic heterocycles. The Hall–Kier alpha value is -1.08. The summed E-state index contributed by atoms with van der Waals surface area (Å²) in [5.74, 6) is 0. The Kier molecular flexibility index (Phi) is 16.1. The van der Waals surface area contributed by atoms with Crippen LogP contribution >= 0.6 is 0 Å². The molecule has 0 radical (unpaired) electrons. The Morgan fingerprint density at radius 2 is 0.750 bits per heavy atom. The van der Waals surface area contributed by atoms with E-state index >= 15 is 17.7 Å². The topological polar surface area (TPSA) is 86.7 Å². The van der Waals surface area contributed by atoms with Gasteiger partial charge in [0.25, 0.3) is 0 Å². The zero-order valence-corrected chi connectivity index (χ0v) is 35.3. The normalized spacial score (nSPS) is 15.5. The SMILES string of the molecule is C=CC[O][Ti](=[O])([CH2]C(C)(C)C)([O]CC=C)([C](=O)CCCCCC(C)(C)C)([C](=O)CCCCCC(C)(C)C)[C](=O)CCCCCC(C)(C)C. The second-order valence-corrected chi connectivity index (χ2v) is 32.0. The van der Waals surface area contributed by atoms with Gasteiger partial charge < -0.3 is 0 Å². The molecule has 0 aromatic heterocycles. The molecule has 0 aliphatic carbocycles. The molecule has 0 aliphatic rings. The van der Waals surface area contributed by atoms with Gasteiger partial charge in [0.2, 0.25) is 0 Å². The van der Waals surface area contributed by atoms with Gasteiger partial charge in [-0.25, -0.2) is 0 Å². The Balaban J connectivity index is 7.56. The maximum atomic E-state index is 17.5. The van der Waals surface area contributed by atoms with Crippen molar-refractivity contribution in [3.8, 4) is 0 Å². The van der Waals surface area contributed by atoms with E-state index in [0.29, 0.717) is 38.5 Å². The van der Waals surface area contributed by atoms with Crippen molar-refractivity contribution in [3.05, 3.63) is 25.3 Å². The van der Waals surface area contributed by atoms with Gasteiger partial charge in [-0.05, 0) is 0 Å². The van der Waals surface area contributed by atoms with Crippen molar-refractivity contribution in [2.24, 2.45) is 21.7 Å². The van der Waals surface area contributed by atoms with Crippen LogP contribution in [0.5, 0.6) is 0 Å². The zero-order valence-electron chi connectivity index (χ0n) is 33.7. The van der Waals surface area contributed by atoms with E-state index in [1.54, 1.807) is 20.8 Å². The molecule has 0 unspecified atom stereocenters. The van der Waals surface area contributed by atoms with Crippen molar-refractivity contribution in [2.75, 3.05) is 13.2 Å². The Bertz CT molecular complexity index is 1100. The van der Waals surface area contributed by atoms with Crippen molar-refractivity contribution in [1.29, 1.82) is 0 Å². The van der Waals surface area contributed by atoms with Crippen molar-refractivity contribution < 1.29 is 37.8 Å². The monoisotopic (exact) mass is 715 g/mol. The van der Waals surface area contributed by atoms with Crippen LogP contribution in [0.2, 0.25) is 4.73 Å². The summed E-state index contributed by atoms with van der Waals surface area (Å²) in [5.41, 5.74) is -0.561. The van der Waals surface area contributed by atoms with Crippen LogP contribution in [0.1, 0.15) is 179 Å². The third kappa shape index (κ3) is 11.5. The van der Waals surface area contributed by atoms with Crippen molar-refractivity contribution in [3.63, 3.8) is 0 Å². The fraction of sp³-hybridized carbons (Fsp3) is 0.829. The summed E-state index contributed by atoms with van der Waals surface area (Å²) in [7, 11) is 0. The fourth-order valence-corrected chi connectivity index (χ4v) is 23.0. The molecule has 0 aromatic rings. The van der Waals surface area contributed by atoms with Crippen LogP contribution in [-0.4, -0.2) is 25.5 Å². The molecule has 0 rings (SSSR count). The number of carbonyl (C=O) groups excluding carboxylic acids is 3. The van der Waals surface area contributed by atoms with Crippen LogP contribution in [-0.2, 0) is 37.8 Å². The molecule has 0 saturated carbocycles. The molecular weight excluding hydrogens is 636 g/mol. The van der Waals surface area contributed by atoms with Crippen LogP contribution < -0.4 is 0 Å². The van der Waals surface area contributed by atoms with Gasteiger partial charge in [-0.3, -0.25) is 0 Å². The molecule has 0 fully saturated rings. The van der Waals surface area contributed by atoms with Gasteiger partial charge in [0, 0.05) is 0 Å². The second-order valence-electron chi connectivity index (χ2n) is 20.1. The van der Waals surface area contributed by atoms with Crippen LogP contribution in [0.4, 0.5) is 0 Å². The summed E-state index contributed by atoms with van der Waals surface area (Å²) >= 11 is -8.90. The number of carbonyl (C=O) groups is 3. The molecule has 0 heterocycles. The first kappa shape index (κ1) is 46.9. The molecule has 48 heavy (non-hydrogen) atoms. The summed E-state index contributed by atoms with van der Waals surface area (Å²) in [6, 6.07) is 0. The Labute approximate surface area is 293 Å². The Morgan fingerprint density at radius 3 is 0.958 bits per heavy atom. The van der Waals surface area contributed by atoms with Crippen molar-refractivity contribution in [1.82, 2.24) is 0 Å². The third-order valence-electron chi connectivity index (χ3n) is 10.2. The van der Waals surface area contributed by atoms with Crippen LogP contribution in [0, 0.1) is 21.7 Å². The summed E-state index contributed by atoms with van der Waals surface area (Å²) < 4.78 is 27.1. The van der Waals surface area contributed by atoms with E-state index < -0.39 is 49.1 Å². The molecule has 0 N–H and O–H groups in total. The Morgan fingerprint density at radius 1 is 0.479 bits per heavy atom. The standard InChI is InChI=1S/3C10H19O.C5H11.2C3H5O.O.Ti/c3*1-10(2,3)8-6-4-5-7-9-11;1-5(2,3)4;2*1-2-3-4;;/h3*4-8H2,1-3H3;1H2,2-4H3;2*2H,1,3H2;;/q;;;;2*-1;;+2. The quantitative estimate of drug-likeness (QED) is 0.0531. The van der Waals surface area contributed by atoms with Crippen molar-refractivity contribution >= 4 is 12.3 Å². The van der Waals surface area contributed by atoms with Gasteiger partial charge >= 0.3 is 294 Å². The molecule has 0 amide bonds. The first-order valence-electron chi connectivity index (χ1n) is 19.0. The predicted octanol–water partition coefficient (Wildman–Crippen LogP) is 12.4. The fourth-order valence-electron chi connectivity index (χ4n) is 7.91. The van der Waals surface area contributed by atoms with Crippen LogP contribution in [0.3, 0.4) is 0 Å². The molecule has 7 heteroatoms. The predicted molar refractivity (Wildman–Crippen MR) is 200 cm³/mol. The summed E-state index contributed by atoms with van der Waals surface area (Å²) in [4.78, 5) is 46.2. The summed E-state index contributed by atoms with van der Waals surface area (Å²) in [5, 5.41) is 0. The first-order chi connectivity index (χ1) is 21.6. The van der Waals surface area contributed by atoms with Gasteiger partial charge in [-0.2, -0.15) is 0 Å². The average molecular weight is 715 g/mol. The van der Waals surface area contributed by atoms with E-state index in [9.17, 15) is 0 Å². The zero-order chi connectivity index (χ0) is 37.7. The molecule has 0 spiro atoms. The number of hydrogen-bond donors (Lipinski definition) is 0. The molecule has 0 bridgehead atoms. The van der Waals surface area contributed by atoms with Crippen LogP contribution in [0.15, 0.2) is 25.3 Å². The summed E-state index contributed by atoms with van der Waals surface area (Å²) in [6.45, 7) is 31.7. The molecule has 0 saturated heterocycles. The molecule has 6 nitrogen and oxygen atoms in total. The van der Waals surface area contributed by atoms with E-state index in [0.717, 1.165) is 38.5 Å². The van der Waals surface area contributed by atoms with Crippen LogP contribution in [0.25, 0.3) is 0 Å². The van der Waals surface area contributed by atoms with Gasteiger partial charge in [0.15, 0.2) is 0 Å². The number of unbranched alkanes of at least 4 members (excludes halogenated alkanes) is 6. The van der Waals surface area contributed by atoms with Gasteiger partial charge in [-0.1, -0.05) is 0 Å². The molecule has 0 atom stereocenters. The van der Waals surface area contributed by atoms with Gasteiger partial charge in [0.1, 0.15) is 0 Å². The maximum absolute atomic E-state index is 17.5. The first-order valence-corrected chi connectivity index (χ1v) is 24.4. The van der Waals surface area contributed by atoms with E-state index in [1.807, 2.05) is 0 Å². The number of rotatable bonds is 25. The van der Waals surface area contributed by atoms with E-state index in [1.165, 1.54) is 12.2 Å². The number of hydrogen-bond acceptors (Lipinski definition) is 6.